The highest BCUT2D eigenvalue weighted by Gasteiger charge is 2.04. The van der Waals surface area contributed by atoms with E-state index < -0.39 is 11.6 Å². The van der Waals surface area contributed by atoms with E-state index in [1.54, 1.807) is 13.1 Å². The standard InChI is InChI=1S/C13H12F2N2S/c1-16-13-4-2-3-9(17-13)8-18-10-5-6-11(14)12(15)7-10/h2-7H,8H2,1H3,(H,16,17). The van der Waals surface area contributed by atoms with Crippen LogP contribution in [0.5, 0.6) is 0 Å². The van der Waals surface area contributed by atoms with E-state index in [0.29, 0.717) is 10.6 Å². The molecule has 0 amide bonds. The summed E-state index contributed by atoms with van der Waals surface area (Å²) in [5.41, 5.74) is 0.886. The maximum absolute atomic E-state index is 13.0. The zero-order valence-electron chi connectivity index (χ0n) is 9.78. The summed E-state index contributed by atoms with van der Waals surface area (Å²) in [5.74, 6) is -0.245. The fourth-order valence-corrected chi connectivity index (χ4v) is 2.25. The first kappa shape index (κ1) is 12.8. The Morgan fingerprint density at radius 2 is 2.00 bits per heavy atom. The van der Waals surface area contributed by atoms with Crippen LogP contribution in [-0.2, 0) is 5.75 Å². The zero-order chi connectivity index (χ0) is 13.0. The van der Waals surface area contributed by atoms with Crippen molar-refractivity contribution in [3.05, 3.63) is 53.7 Å². The van der Waals surface area contributed by atoms with Crippen molar-refractivity contribution < 1.29 is 8.78 Å². The molecule has 0 atom stereocenters. The average molecular weight is 266 g/mol. The lowest BCUT2D eigenvalue weighted by molar-refractivity contribution is 0.506. The monoisotopic (exact) mass is 266 g/mol. The maximum atomic E-state index is 13.0. The Labute approximate surface area is 108 Å². The molecule has 1 aromatic heterocycles. The van der Waals surface area contributed by atoms with Crippen molar-refractivity contribution >= 4 is 17.6 Å². The number of pyridine rings is 1. The Hall–Kier alpha value is -1.62. The third kappa shape index (κ3) is 3.20. The largest absolute Gasteiger partial charge is 0.373 e. The van der Waals surface area contributed by atoms with Crippen LogP contribution in [0.25, 0.3) is 0 Å². The highest BCUT2D eigenvalue weighted by Crippen LogP contribution is 2.24. The zero-order valence-corrected chi connectivity index (χ0v) is 10.6. The van der Waals surface area contributed by atoms with E-state index in [1.165, 1.54) is 17.8 Å². The van der Waals surface area contributed by atoms with Gasteiger partial charge in [0.25, 0.3) is 0 Å². The summed E-state index contributed by atoms with van der Waals surface area (Å²) in [6.45, 7) is 0. The minimum atomic E-state index is -0.824. The van der Waals surface area contributed by atoms with Gasteiger partial charge in [-0.1, -0.05) is 6.07 Å². The fourth-order valence-electron chi connectivity index (χ4n) is 1.42. The average Bonchev–Trinajstić information content (AvgIpc) is 2.40. The van der Waals surface area contributed by atoms with Crippen molar-refractivity contribution in [2.45, 2.75) is 10.6 Å². The molecular formula is C13H12F2N2S. The Morgan fingerprint density at radius 1 is 1.17 bits per heavy atom. The second-order valence-electron chi connectivity index (χ2n) is 3.63. The fraction of sp³-hybridized carbons (Fsp3) is 0.154. The van der Waals surface area contributed by atoms with Crippen molar-refractivity contribution in [2.75, 3.05) is 12.4 Å². The molecule has 0 radical (unpaired) electrons. The third-order valence-electron chi connectivity index (χ3n) is 2.34. The Balaban J connectivity index is 2.04. The van der Waals surface area contributed by atoms with E-state index in [0.717, 1.165) is 17.6 Å². The van der Waals surface area contributed by atoms with Crippen LogP contribution < -0.4 is 5.32 Å². The van der Waals surface area contributed by atoms with Crippen LogP contribution >= 0.6 is 11.8 Å². The predicted octanol–water partition coefficient (Wildman–Crippen LogP) is 3.69. The molecule has 1 heterocycles. The van der Waals surface area contributed by atoms with Crippen LogP contribution in [0.15, 0.2) is 41.3 Å². The molecule has 0 saturated heterocycles. The van der Waals surface area contributed by atoms with E-state index in [1.807, 2.05) is 18.2 Å². The molecule has 0 aliphatic carbocycles. The molecule has 2 rings (SSSR count). The number of hydrogen-bond acceptors (Lipinski definition) is 3. The minimum absolute atomic E-state index is 0.612. The second kappa shape index (κ2) is 5.82. The quantitative estimate of drug-likeness (QED) is 0.854. The molecule has 1 aromatic carbocycles. The lowest BCUT2D eigenvalue weighted by Gasteiger charge is -2.04. The number of anilines is 1. The highest BCUT2D eigenvalue weighted by atomic mass is 32.2. The van der Waals surface area contributed by atoms with Crippen LogP contribution in [0.4, 0.5) is 14.6 Å². The molecule has 0 saturated carbocycles. The van der Waals surface area contributed by atoms with Gasteiger partial charge in [-0.2, -0.15) is 0 Å². The molecule has 2 nitrogen and oxygen atoms in total. The number of nitrogens with one attached hydrogen (secondary N) is 1. The topological polar surface area (TPSA) is 24.9 Å². The molecule has 0 unspecified atom stereocenters. The summed E-state index contributed by atoms with van der Waals surface area (Å²) in [5, 5.41) is 2.95. The number of hydrogen-bond donors (Lipinski definition) is 1. The number of thioether (sulfide) groups is 1. The van der Waals surface area contributed by atoms with Crippen LogP contribution in [0, 0.1) is 11.6 Å². The van der Waals surface area contributed by atoms with E-state index in [9.17, 15) is 8.78 Å². The van der Waals surface area contributed by atoms with Crippen LogP contribution in [-0.4, -0.2) is 12.0 Å². The van der Waals surface area contributed by atoms with Gasteiger partial charge < -0.3 is 5.32 Å². The lowest BCUT2D eigenvalue weighted by atomic mass is 10.3. The Morgan fingerprint density at radius 3 is 2.72 bits per heavy atom. The van der Waals surface area contributed by atoms with Crippen molar-refractivity contribution in [3.8, 4) is 0 Å². The molecule has 18 heavy (non-hydrogen) atoms. The number of benzene rings is 1. The molecular weight excluding hydrogens is 254 g/mol. The van der Waals surface area contributed by atoms with Crippen LogP contribution in [0.3, 0.4) is 0 Å². The van der Waals surface area contributed by atoms with E-state index >= 15 is 0 Å². The van der Waals surface area contributed by atoms with Gasteiger partial charge in [-0.05, 0) is 30.3 Å². The first-order valence-electron chi connectivity index (χ1n) is 5.40. The molecule has 1 N–H and O–H groups in total. The van der Waals surface area contributed by atoms with Gasteiger partial charge in [0, 0.05) is 17.7 Å². The molecule has 94 valence electrons. The number of nitrogens with zero attached hydrogens (tertiary/aromatic N) is 1. The lowest BCUT2D eigenvalue weighted by Crippen LogP contribution is -1.94. The molecule has 0 spiro atoms. The molecule has 0 aliphatic heterocycles. The summed E-state index contributed by atoms with van der Waals surface area (Å²) in [6.07, 6.45) is 0. The van der Waals surface area contributed by atoms with Crippen molar-refractivity contribution in [1.82, 2.24) is 4.98 Å². The molecule has 0 aliphatic rings. The Kier molecular flexibility index (Phi) is 4.15. The highest BCUT2D eigenvalue weighted by molar-refractivity contribution is 7.98. The van der Waals surface area contributed by atoms with Gasteiger partial charge in [0.15, 0.2) is 11.6 Å². The van der Waals surface area contributed by atoms with E-state index in [2.05, 4.69) is 10.3 Å². The van der Waals surface area contributed by atoms with Crippen molar-refractivity contribution in [2.24, 2.45) is 0 Å². The van der Waals surface area contributed by atoms with Gasteiger partial charge in [-0.15, -0.1) is 11.8 Å². The third-order valence-corrected chi connectivity index (χ3v) is 3.37. The van der Waals surface area contributed by atoms with Gasteiger partial charge in [0.05, 0.1) is 5.69 Å². The maximum Gasteiger partial charge on any atom is 0.159 e. The normalized spacial score (nSPS) is 10.4. The Bertz CT molecular complexity index is 546. The molecule has 5 heteroatoms. The summed E-state index contributed by atoms with van der Waals surface area (Å²) in [4.78, 5) is 5.03. The molecule has 0 bridgehead atoms. The van der Waals surface area contributed by atoms with Crippen molar-refractivity contribution in [1.29, 1.82) is 0 Å². The smallest absolute Gasteiger partial charge is 0.159 e. The van der Waals surface area contributed by atoms with Gasteiger partial charge in [0.1, 0.15) is 5.82 Å². The first-order valence-corrected chi connectivity index (χ1v) is 6.39. The van der Waals surface area contributed by atoms with E-state index in [-0.39, 0.29) is 0 Å². The number of aromatic nitrogens is 1. The number of halogens is 2. The van der Waals surface area contributed by atoms with Crippen LogP contribution in [0.2, 0.25) is 0 Å². The summed E-state index contributed by atoms with van der Waals surface area (Å²) < 4.78 is 25.8. The molecule has 0 fully saturated rings. The summed E-state index contributed by atoms with van der Waals surface area (Å²) >= 11 is 1.42. The second-order valence-corrected chi connectivity index (χ2v) is 4.68. The SMILES string of the molecule is CNc1cccc(CSc2ccc(F)c(F)c2)n1. The molecule has 2 aromatic rings. The predicted molar refractivity (Wildman–Crippen MR) is 69.7 cm³/mol. The van der Waals surface area contributed by atoms with Gasteiger partial charge in [-0.3, -0.25) is 0 Å². The van der Waals surface area contributed by atoms with Gasteiger partial charge in [0.2, 0.25) is 0 Å². The van der Waals surface area contributed by atoms with Gasteiger partial charge in [-0.25, -0.2) is 13.8 Å². The van der Waals surface area contributed by atoms with E-state index in [4.69, 9.17) is 0 Å². The van der Waals surface area contributed by atoms with Crippen molar-refractivity contribution in [3.63, 3.8) is 0 Å². The summed E-state index contributed by atoms with van der Waals surface area (Å²) in [7, 11) is 1.80. The summed E-state index contributed by atoms with van der Waals surface area (Å²) in [6, 6.07) is 9.56. The van der Waals surface area contributed by atoms with Gasteiger partial charge >= 0.3 is 0 Å². The van der Waals surface area contributed by atoms with Crippen LogP contribution in [0.1, 0.15) is 5.69 Å². The minimum Gasteiger partial charge on any atom is -0.373 e. The first-order chi connectivity index (χ1) is 8.69. The number of rotatable bonds is 4.